The maximum Gasteiger partial charge on any atom is 0.224 e. The number of aromatic nitrogens is 2. The minimum atomic E-state index is 0.109. The molecule has 1 aromatic heterocycles. The van der Waals surface area contributed by atoms with E-state index in [1.165, 1.54) is 16.7 Å². The number of carbonyl (C=O) groups is 1. The maximum atomic E-state index is 11.4. The van der Waals surface area contributed by atoms with Gasteiger partial charge in [-0.1, -0.05) is 19.1 Å². The Labute approximate surface area is 124 Å². The highest BCUT2D eigenvalue weighted by Crippen LogP contribution is 2.27. The van der Waals surface area contributed by atoms with Crippen LogP contribution in [0.2, 0.25) is 0 Å². The van der Waals surface area contributed by atoms with Crippen molar-refractivity contribution in [1.29, 1.82) is 0 Å². The molecular weight excluding hydrogens is 262 g/mol. The van der Waals surface area contributed by atoms with Gasteiger partial charge in [0.05, 0.1) is 6.33 Å². The molecule has 3 rings (SSSR count). The molecule has 1 aliphatic rings. The van der Waals surface area contributed by atoms with Crippen LogP contribution in [-0.4, -0.2) is 15.5 Å². The standard InChI is InChI=1S/C17H19N3O/c1-2-3-15(11-20-9-8-18-12-20)13-4-6-16-14(10-13)5-7-17(21)19-16/h3-4,6,8-10,12H,2,5,7,11H2,1H3,(H,19,21). The van der Waals surface area contributed by atoms with Gasteiger partial charge in [-0.25, -0.2) is 4.98 Å². The minimum Gasteiger partial charge on any atom is -0.333 e. The predicted molar refractivity (Wildman–Crippen MR) is 83.9 cm³/mol. The average Bonchev–Trinajstić information content (AvgIpc) is 2.99. The molecular formula is C17H19N3O. The first kappa shape index (κ1) is 13.6. The Kier molecular flexibility index (Phi) is 3.86. The third-order valence-corrected chi connectivity index (χ3v) is 3.73. The van der Waals surface area contributed by atoms with Gasteiger partial charge in [0.1, 0.15) is 0 Å². The first-order valence-corrected chi connectivity index (χ1v) is 7.34. The molecule has 0 aliphatic carbocycles. The molecule has 2 aromatic rings. The zero-order valence-electron chi connectivity index (χ0n) is 12.2. The molecule has 4 nitrogen and oxygen atoms in total. The number of amides is 1. The third-order valence-electron chi connectivity index (χ3n) is 3.73. The van der Waals surface area contributed by atoms with Gasteiger partial charge in [-0.05, 0) is 41.7 Å². The van der Waals surface area contributed by atoms with Gasteiger partial charge in [0.15, 0.2) is 0 Å². The molecule has 0 radical (unpaired) electrons. The highest BCUT2D eigenvalue weighted by molar-refractivity contribution is 5.94. The second-order valence-corrected chi connectivity index (χ2v) is 5.29. The molecule has 21 heavy (non-hydrogen) atoms. The number of hydrogen-bond donors (Lipinski definition) is 1. The molecule has 0 fully saturated rings. The lowest BCUT2D eigenvalue weighted by Crippen LogP contribution is -2.19. The normalized spacial score (nSPS) is 14.7. The Morgan fingerprint density at radius 3 is 3.10 bits per heavy atom. The number of anilines is 1. The van der Waals surface area contributed by atoms with Crippen LogP contribution in [0.3, 0.4) is 0 Å². The van der Waals surface area contributed by atoms with E-state index < -0.39 is 0 Å². The summed E-state index contributed by atoms with van der Waals surface area (Å²) in [4.78, 5) is 15.5. The van der Waals surface area contributed by atoms with Crippen LogP contribution < -0.4 is 5.32 Å². The van der Waals surface area contributed by atoms with Crippen molar-refractivity contribution in [1.82, 2.24) is 9.55 Å². The second kappa shape index (κ2) is 5.95. The third kappa shape index (κ3) is 3.05. The molecule has 0 bridgehead atoms. The molecule has 1 amide bonds. The molecule has 0 unspecified atom stereocenters. The number of carbonyl (C=O) groups excluding carboxylic acids is 1. The van der Waals surface area contributed by atoms with Crippen LogP contribution in [0.5, 0.6) is 0 Å². The smallest absolute Gasteiger partial charge is 0.224 e. The van der Waals surface area contributed by atoms with Crippen LogP contribution in [0, 0.1) is 0 Å². The van der Waals surface area contributed by atoms with Crippen molar-refractivity contribution in [2.45, 2.75) is 32.7 Å². The van der Waals surface area contributed by atoms with Crippen LogP contribution in [0.1, 0.15) is 30.9 Å². The van der Waals surface area contributed by atoms with Gasteiger partial charge >= 0.3 is 0 Å². The molecule has 4 heteroatoms. The largest absolute Gasteiger partial charge is 0.333 e. The van der Waals surface area contributed by atoms with Gasteiger partial charge in [0.25, 0.3) is 0 Å². The summed E-state index contributed by atoms with van der Waals surface area (Å²) < 4.78 is 2.07. The fraction of sp³-hybridized carbons (Fsp3) is 0.294. The first-order chi connectivity index (χ1) is 10.3. The van der Waals surface area contributed by atoms with Gasteiger partial charge in [-0.2, -0.15) is 0 Å². The van der Waals surface area contributed by atoms with Crippen molar-refractivity contribution in [3.63, 3.8) is 0 Å². The fourth-order valence-corrected chi connectivity index (χ4v) is 2.68. The number of imidazole rings is 1. The Hall–Kier alpha value is -2.36. The zero-order valence-corrected chi connectivity index (χ0v) is 12.2. The van der Waals surface area contributed by atoms with Crippen molar-refractivity contribution in [2.75, 3.05) is 5.32 Å². The van der Waals surface area contributed by atoms with Crippen LogP contribution >= 0.6 is 0 Å². The van der Waals surface area contributed by atoms with Crippen molar-refractivity contribution in [3.05, 3.63) is 54.1 Å². The number of nitrogens with one attached hydrogen (secondary N) is 1. The van der Waals surface area contributed by atoms with Gasteiger partial charge in [0, 0.05) is 31.0 Å². The monoisotopic (exact) mass is 281 g/mol. The Bertz CT molecular complexity index is 671. The molecule has 0 spiro atoms. The number of fused-ring (bicyclic) bond motifs is 1. The number of nitrogens with zero attached hydrogens (tertiary/aromatic N) is 2. The average molecular weight is 281 g/mol. The molecule has 108 valence electrons. The van der Waals surface area contributed by atoms with Gasteiger partial charge in [-0.3, -0.25) is 4.79 Å². The van der Waals surface area contributed by atoms with Gasteiger partial charge in [0.2, 0.25) is 5.91 Å². The SMILES string of the molecule is CCC=C(Cn1ccnc1)c1ccc2c(c1)CCC(=O)N2. The lowest BCUT2D eigenvalue weighted by molar-refractivity contribution is -0.116. The van der Waals surface area contributed by atoms with Crippen LogP contribution in [-0.2, 0) is 17.8 Å². The first-order valence-electron chi connectivity index (χ1n) is 7.34. The van der Waals surface area contributed by atoms with Gasteiger partial charge in [-0.15, -0.1) is 0 Å². The van der Waals surface area contributed by atoms with Crippen molar-refractivity contribution < 1.29 is 4.79 Å². The number of benzene rings is 1. The summed E-state index contributed by atoms with van der Waals surface area (Å²) >= 11 is 0. The van der Waals surface area contributed by atoms with Crippen molar-refractivity contribution >= 4 is 17.2 Å². The summed E-state index contributed by atoms with van der Waals surface area (Å²) in [7, 11) is 0. The molecule has 0 atom stereocenters. The molecule has 2 heterocycles. The van der Waals surface area contributed by atoms with Crippen LogP contribution in [0.15, 0.2) is 43.0 Å². The van der Waals surface area contributed by atoms with Crippen molar-refractivity contribution in [2.24, 2.45) is 0 Å². The Balaban J connectivity index is 1.90. The predicted octanol–water partition coefficient (Wildman–Crippen LogP) is 3.26. The summed E-state index contributed by atoms with van der Waals surface area (Å²) in [5.74, 6) is 0.109. The van der Waals surface area contributed by atoms with E-state index in [2.05, 4.69) is 40.0 Å². The molecule has 1 N–H and O–H groups in total. The van der Waals surface area contributed by atoms with E-state index in [-0.39, 0.29) is 5.91 Å². The summed E-state index contributed by atoms with van der Waals surface area (Å²) in [5, 5.41) is 2.93. The number of hydrogen-bond acceptors (Lipinski definition) is 2. The topological polar surface area (TPSA) is 46.9 Å². The highest BCUT2D eigenvalue weighted by Gasteiger charge is 2.15. The molecule has 0 saturated heterocycles. The van der Waals surface area contributed by atoms with Crippen molar-refractivity contribution in [3.8, 4) is 0 Å². The minimum absolute atomic E-state index is 0.109. The second-order valence-electron chi connectivity index (χ2n) is 5.29. The Morgan fingerprint density at radius 2 is 2.33 bits per heavy atom. The quantitative estimate of drug-likeness (QED) is 0.935. The summed E-state index contributed by atoms with van der Waals surface area (Å²) in [6.07, 6.45) is 10.3. The Morgan fingerprint density at radius 1 is 1.43 bits per heavy atom. The van der Waals surface area contributed by atoms with E-state index in [0.29, 0.717) is 6.42 Å². The number of aryl methyl sites for hydroxylation is 1. The van der Waals surface area contributed by atoms with E-state index in [9.17, 15) is 4.79 Å². The van der Waals surface area contributed by atoms with E-state index in [1.54, 1.807) is 6.20 Å². The van der Waals surface area contributed by atoms with Crippen LogP contribution in [0.25, 0.3) is 5.57 Å². The molecule has 1 aliphatic heterocycles. The summed E-state index contributed by atoms with van der Waals surface area (Å²) in [6, 6.07) is 6.30. The summed E-state index contributed by atoms with van der Waals surface area (Å²) in [5.41, 5.74) is 4.68. The number of allylic oxidation sites excluding steroid dienone is 2. The molecule has 0 saturated carbocycles. The van der Waals surface area contributed by atoms with Gasteiger partial charge < -0.3 is 9.88 Å². The highest BCUT2D eigenvalue weighted by atomic mass is 16.1. The lowest BCUT2D eigenvalue weighted by Gasteiger charge is -2.18. The summed E-state index contributed by atoms with van der Waals surface area (Å²) in [6.45, 7) is 2.96. The maximum absolute atomic E-state index is 11.4. The fourth-order valence-electron chi connectivity index (χ4n) is 2.68. The zero-order chi connectivity index (χ0) is 14.7. The van der Waals surface area contributed by atoms with Crippen LogP contribution in [0.4, 0.5) is 5.69 Å². The van der Waals surface area contributed by atoms with E-state index in [1.807, 2.05) is 18.6 Å². The lowest BCUT2D eigenvalue weighted by atomic mass is 9.96. The van der Waals surface area contributed by atoms with E-state index >= 15 is 0 Å². The molecule has 1 aromatic carbocycles. The van der Waals surface area contributed by atoms with E-state index in [4.69, 9.17) is 0 Å². The van der Waals surface area contributed by atoms with E-state index in [0.717, 1.165) is 25.1 Å². The number of rotatable bonds is 4.